The van der Waals surface area contributed by atoms with Crippen LogP contribution in [0.3, 0.4) is 0 Å². The summed E-state index contributed by atoms with van der Waals surface area (Å²) < 4.78 is 5.37. The maximum atomic E-state index is 13.9. The second-order valence-corrected chi connectivity index (χ2v) is 10.7. The van der Waals surface area contributed by atoms with Crippen LogP contribution in [0.1, 0.15) is 27.9 Å². The number of phenolic OH excluding ortho intramolecular Hbond substituents is 1. The Kier molecular flexibility index (Phi) is 6.48. The Labute approximate surface area is 230 Å². The zero-order valence-corrected chi connectivity index (χ0v) is 22.3. The molecule has 2 aromatic carbocycles. The lowest BCUT2D eigenvalue weighted by molar-refractivity contribution is -0.148. The number of hydrogen-bond acceptors (Lipinski definition) is 10. The van der Waals surface area contributed by atoms with E-state index in [0.29, 0.717) is 16.9 Å². The van der Waals surface area contributed by atoms with Crippen LogP contribution >= 0.6 is 0 Å². The van der Waals surface area contributed by atoms with E-state index in [1.165, 1.54) is 18.1 Å². The fraction of sp³-hybridized carbons (Fsp3) is 0.345. The number of ketones is 2. The fourth-order valence-electron chi connectivity index (χ4n) is 6.63. The fourth-order valence-corrected chi connectivity index (χ4v) is 6.63. The van der Waals surface area contributed by atoms with Crippen LogP contribution in [0.4, 0.5) is 0 Å². The number of phenols is 1. The second-order valence-electron chi connectivity index (χ2n) is 10.7. The van der Waals surface area contributed by atoms with Crippen molar-refractivity contribution >= 4 is 17.5 Å². The van der Waals surface area contributed by atoms with Crippen molar-refractivity contribution in [3.63, 3.8) is 0 Å². The number of aliphatic hydroxyl groups is 3. The maximum Gasteiger partial charge on any atom is 0.255 e. The van der Waals surface area contributed by atoms with Gasteiger partial charge in [0.15, 0.2) is 11.4 Å². The molecule has 0 fully saturated rings. The summed E-state index contributed by atoms with van der Waals surface area (Å²) in [7, 11) is 4.71. The zero-order valence-electron chi connectivity index (χ0n) is 22.3. The summed E-state index contributed by atoms with van der Waals surface area (Å²) in [6, 6.07) is 7.43. The normalized spacial score (nSPS) is 26.0. The van der Waals surface area contributed by atoms with Gasteiger partial charge in [0.05, 0.1) is 18.7 Å². The number of amides is 1. The van der Waals surface area contributed by atoms with Gasteiger partial charge in [-0.05, 0) is 67.7 Å². The quantitative estimate of drug-likeness (QED) is 0.295. The van der Waals surface area contributed by atoms with Gasteiger partial charge in [0.25, 0.3) is 5.91 Å². The predicted octanol–water partition coefficient (Wildman–Crippen LogP) is 1.25. The number of Topliss-reactive ketones (excluding diaryl/α,β-unsaturated/α-hetero) is 2. The monoisotopic (exact) mass is 549 g/mol. The van der Waals surface area contributed by atoms with Crippen LogP contribution < -0.4 is 16.2 Å². The summed E-state index contributed by atoms with van der Waals surface area (Å²) in [6.45, 7) is 0.212. The summed E-state index contributed by atoms with van der Waals surface area (Å²) in [4.78, 5) is 40.9. The highest BCUT2D eigenvalue weighted by Gasteiger charge is 2.63. The topological polar surface area (TPSA) is 197 Å². The third-order valence-corrected chi connectivity index (χ3v) is 8.42. The van der Waals surface area contributed by atoms with Crippen molar-refractivity contribution in [2.75, 3.05) is 21.2 Å². The molecule has 0 aromatic heterocycles. The van der Waals surface area contributed by atoms with Crippen molar-refractivity contribution in [1.29, 1.82) is 0 Å². The summed E-state index contributed by atoms with van der Waals surface area (Å²) in [5.74, 6) is -6.25. The number of primary amides is 1. The van der Waals surface area contributed by atoms with E-state index < -0.39 is 58.0 Å². The molecule has 0 heterocycles. The molecule has 0 saturated heterocycles. The van der Waals surface area contributed by atoms with Crippen molar-refractivity contribution in [2.24, 2.45) is 23.3 Å². The molecule has 40 heavy (non-hydrogen) atoms. The van der Waals surface area contributed by atoms with E-state index in [9.17, 15) is 34.8 Å². The first-order valence-electron chi connectivity index (χ1n) is 12.7. The molecule has 210 valence electrons. The molecule has 11 heteroatoms. The van der Waals surface area contributed by atoms with Gasteiger partial charge >= 0.3 is 0 Å². The van der Waals surface area contributed by atoms with E-state index in [0.717, 1.165) is 11.1 Å². The molecule has 8 N–H and O–H groups in total. The van der Waals surface area contributed by atoms with E-state index >= 15 is 0 Å². The van der Waals surface area contributed by atoms with Gasteiger partial charge in [-0.25, -0.2) is 0 Å². The van der Waals surface area contributed by atoms with Gasteiger partial charge in [0.2, 0.25) is 5.78 Å². The Morgan fingerprint density at radius 2 is 1.85 bits per heavy atom. The Hall–Kier alpha value is -4.19. The first kappa shape index (κ1) is 27.4. The lowest BCUT2D eigenvalue weighted by atomic mass is 9.58. The molecular formula is C29H31N3O8. The van der Waals surface area contributed by atoms with Crippen LogP contribution in [-0.4, -0.2) is 75.6 Å². The van der Waals surface area contributed by atoms with Gasteiger partial charge in [-0.3, -0.25) is 19.3 Å². The van der Waals surface area contributed by atoms with E-state index in [4.69, 9.17) is 16.2 Å². The molecule has 11 nitrogen and oxygen atoms in total. The number of fused-ring (bicyclic) bond motifs is 3. The van der Waals surface area contributed by atoms with E-state index in [2.05, 4.69) is 0 Å². The molecular weight excluding hydrogens is 518 g/mol. The number of aliphatic hydroxyl groups excluding tert-OH is 2. The summed E-state index contributed by atoms with van der Waals surface area (Å²) in [6.07, 6.45) is 0.194. The van der Waals surface area contributed by atoms with Crippen LogP contribution in [-0.2, 0) is 22.6 Å². The molecule has 2 aromatic rings. The van der Waals surface area contributed by atoms with Gasteiger partial charge in [-0.1, -0.05) is 12.1 Å². The van der Waals surface area contributed by atoms with Crippen molar-refractivity contribution in [2.45, 2.75) is 31.0 Å². The first-order chi connectivity index (χ1) is 18.9. The van der Waals surface area contributed by atoms with Gasteiger partial charge in [-0.2, -0.15) is 0 Å². The number of allylic oxidation sites excluding steroid dienone is 1. The molecule has 0 saturated carbocycles. The molecule has 0 radical (unpaired) electrons. The summed E-state index contributed by atoms with van der Waals surface area (Å²) >= 11 is 0. The van der Waals surface area contributed by atoms with Crippen molar-refractivity contribution in [1.82, 2.24) is 4.90 Å². The highest BCUT2D eigenvalue weighted by Crippen LogP contribution is 2.53. The average Bonchev–Trinajstić information content (AvgIpc) is 2.90. The standard InChI is InChI=1S/C29H31N3O8/c1-32(2)23-17-10-13-9-16-15(12-4-7-19(40-3)14(8-12)11-30)5-6-18(33)21(16)24(34)20(13)26(36)29(17,39)27(37)22(25(23)35)28(31)38/h4-8,13,17,23,33,35-36,39H,9-11,30H2,1-3H3,(H2,31,38). The van der Waals surface area contributed by atoms with Crippen molar-refractivity contribution in [3.8, 4) is 22.6 Å². The number of aromatic hydroxyl groups is 1. The van der Waals surface area contributed by atoms with Crippen LogP contribution in [0.5, 0.6) is 11.5 Å². The lowest BCUT2D eigenvalue weighted by Crippen LogP contribution is -2.63. The minimum absolute atomic E-state index is 0.0114. The maximum absolute atomic E-state index is 13.9. The van der Waals surface area contributed by atoms with E-state index in [1.807, 2.05) is 12.1 Å². The lowest BCUT2D eigenvalue weighted by Gasteiger charge is -2.50. The minimum Gasteiger partial charge on any atom is -0.510 e. The van der Waals surface area contributed by atoms with Gasteiger partial charge in [0, 0.05) is 23.6 Å². The Morgan fingerprint density at radius 1 is 1.15 bits per heavy atom. The molecule has 3 aliphatic carbocycles. The second kappa shape index (κ2) is 9.47. The molecule has 0 bridgehead atoms. The Bertz CT molecular complexity index is 1540. The first-order valence-corrected chi connectivity index (χ1v) is 12.7. The highest BCUT2D eigenvalue weighted by atomic mass is 16.5. The third-order valence-electron chi connectivity index (χ3n) is 8.42. The van der Waals surface area contributed by atoms with Crippen LogP contribution in [0.25, 0.3) is 11.1 Å². The highest BCUT2D eigenvalue weighted by molar-refractivity contribution is 6.24. The molecule has 0 aliphatic heterocycles. The molecule has 1 amide bonds. The number of methoxy groups -OCH3 is 1. The third kappa shape index (κ3) is 3.65. The number of likely N-dealkylation sites (N-methyl/N-ethyl adjacent to an activating group) is 1. The van der Waals surface area contributed by atoms with Crippen LogP contribution in [0.15, 0.2) is 53.0 Å². The molecule has 4 atom stereocenters. The number of carbonyl (C=O) groups excluding carboxylic acids is 3. The number of carbonyl (C=O) groups is 3. The number of rotatable bonds is 5. The molecule has 4 unspecified atom stereocenters. The van der Waals surface area contributed by atoms with Crippen LogP contribution in [0, 0.1) is 11.8 Å². The molecule has 3 aliphatic rings. The number of nitrogens with zero attached hydrogens (tertiary/aromatic N) is 1. The SMILES string of the molecule is COc1ccc(-c2ccc(O)c3c2CC2CC4C(N(C)C)C(O)=C(C(N)=O)C(=O)C4(O)C(O)=C2C3=O)cc1CN. The van der Waals surface area contributed by atoms with Crippen molar-refractivity contribution in [3.05, 3.63) is 69.7 Å². The predicted molar refractivity (Wildman–Crippen MR) is 144 cm³/mol. The smallest absolute Gasteiger partial charge is 0.255 e. The number of hydrogen-bond donors (Lipinski definition) is 6. The number of ether oxygens (including phenoxy) is 1. The Morgan fingerprint density at radius 3 is 2.45 bits per heavy atom. The van der Waals surface area contributed by atoms with E-state index in [1.54, 1.807) is 26.2 Å². The number of nitrogens with two attached hydrogens (primary N) is 2. The summed E-state index contributed by atoms with van der Waals surface area (Å²) in [5.41, 5.74) is 10.2. The minimum atomic E-state index is -2.68. The number of benzene rings is 2. The van der Waals surface area contributed by atoms with Gasteiger partial charge < -0.3 is 36.6 Å². The van der Waals surface area contributed by atoms with Gasteiger partial charge in [0.1, 0.15) is 28.6 Å². The molecule has 5 rings (SSSR count). The van der Waals surface area contributed by atoms with Crippen LogP contribution in [0.2, 0.25) is 0 Å². The van der Waals surface area contributed by atoms with Crippen molar-refractivity contribution < 1.29 is 39.5 Å². The zero-order chi connectivity index (χ0) is 29.3. The van der Waals surface area contributed by atoms with Gasteiger partial charge in [-0.15, -0.1) is 0 Å². The largest absolute Gasteiger partial charge is 0.510 e. The summed E-state index contributed by atoms with van der Waals surface area (Å²) in [5, 5.41) is 44.8. The van der Waals surface area contributed by atoms with E-state index in [-0.39, 0.29) is 36.3 Å². The Balaban J connectivity index is 1.71. The average molecular weight is 550 g/mol. The molecule has 0 spiro atoms.